The van der Waals surface area contributed by atoms with Crippen molar-refractivity contribution < 1.29 is 14.5 Å². The molecule has 2 amide bonds. The number of nitrogens with zero attached hydrogens (tertiary/aromatic N) is 1. The zero-order valence-corrected chi connectivity index (χ0v) is 16.5. The van der Waals surface area contributed by atoms with E-state index in [0.717, 1.165) is 47.2 Å². The number of carbonyl (C=O) groups is 2. The van der Waals surface area contributed by atoms with E-state index in [0.29, 0.717) is 20.8 Å². The molecule has 0 saturated carbocycles. The molecule has 0 fully saturated rings. The maximum atomic E-state index is 12.8. The number of aryl methyl sites for hydroxylation is 1. The second-order valence-electron chi connectivity index (χ2n) is 6.68. The van der Waals surface area contributed by atoms with Crippen LogP contribution in [0.4, 0.5) is 10.7 Å². The van der Waals surface area contributed by atoms with Crippen molar-refractivity contribution in [2.45, 2.75) is 32.1 Å². The summed E-state index contributed by atoms with van der Waals surface area (Å²) in [5.41, 5.74) is 6.98. The lowest BCUT2D eigenvalue weighted by Gasteiger charge is -2.05. The number of nitrogens with one attached hydrogen (secondary N) is 1. The molecule has 9 heteroatoms. The number of non-ortho nitro benzene ring substituents is 1. The zero-order valence-electron chi connectivity index (χ0n) is 14.8. The van der Waals surface area contributed by atoms with Gasteiger partial charge in [0, 0.05) is 27.1 Å². The van der Waals surface area contributed by atoms with Gasteiger partial charge in [0.05, 0.1) is 15.4 Å². The molecule has 2 aromatic heterocycles. The van der Waals surface area contributed by atoms with Gasteiger partial charge in [-0.05, 0) is 43.4 Å². The van der Waals surface area contributed by atoms with E-state index in [4.69, 9.17) is 5.73 Å². The van der Waals surface area contributed by atoms with Gasteiger partial charge in [0.15, 0.2) is 0 Å². The van der Waals surface area contributed by atoms with Crippen molar-refractivity contribution in [3.8, 4) is 0 Å². The van der Waals surface area contributed by atoms with E-state index in [1.54, 1.807) is 12.1 Å². The largest absolute Gasteiger partial charge is 0.365 e. The van der Waals surface area contributed by atoms with Crippen molar-refractivity contribution in [1.82, 2.24) is 0 Å². The van der Waals surface area contributed by atoms with E-state index >= 15 is 0 Å². The Bertz CT molecular complexity index is 1120. The average Bonchev–Trinajstić information content (AvgIpc) is 3.15. The summed E-state index contributed by atoms with van der Waals surface area (Å²) in [7, 11) is 0. The van der Waals surface area contributed by atoms with Crippen molar-refractivity contribution in [2.75, 3.05) is 5.32 Å². The number of amides is 2. The number of hydrogen-bond acceptors (Lipinski definition) is 6. The number of benzene rings is 1. The Morgan fingerprint density at radius 1 is 1.11 bits per heavy atom. The van der Waals surface area contributed by atoms with Crippen molar-refractivity contribution in [2.24, 2.45) is 5.73 Å². The fourth-order valence-corrected chi connectivity index (χ4v) is 5.74. The van der Waals surface area contributed by atoms with Gasteiger partial charge >= 0.3 is 0 Å². The summed E-state index contributed by atoms with van der Waals surface area (Å²) in [5, 5.41) is 14.9. The molecule has 1 aliphatic rings. The van der Waals surface area contributed by atoms with E-state index in [1.165, 1.54) is 34.8 Å². The third kappa shape index (κ3) is 3.38. The van der Waals surface area contributed by atoms with Crippen LogP contribution in [-0.4, -0.2) is 16.7 Å². The predicted octanol–water partition coefficient (Wildman–Crippen LogP) is 4.49. The van der Waals surface area contributed by atoms with Crippen LogP contribution in [0, 0.1) is 10.1 Å². The first-order valence-electron chi connectivity index (χ1n) is 8.87. The Morgan fingerprint density at radius 3 is 2.64 bits per heavy atom. The van der Waals surface area contributed by atoms with Gasteiger partial charge in [-0.25, -0.2) is 0 Å². The molecule has 4 rings (SSSR count). The highest BCUT2D eigenvalue weighted by Crippen LogP contribution is 2.38. The Morgan fingerprint density at radius 2 is 1.89 bits per heavy atom. The van der Waals surface area contributed by atoms with Crippen LogP contribution in [0.2, 0.25) is 0 Å². The molecule has 0 bridgehead atoms. The lowest BCUT2D eigenvalue weighted by atomic mass is 10.1. The van der Waals surface area contributed by atoms with Gasteiger partial charge in [-0.3, -0.25) is 19.7 Å². The highest BCUT2D eigenvalue weighted by Gasteiger charge is 2.25. The van der Waals surface area contributed by atoms with Crippen LogP contribution in [0.15, 0.2) is 24.3 Å². The second kappa shape index (κ2) is 7.33. The Hall–Kier alpha value is -2.78. The molecule has 28 heavy (non-hydrogen) atoms. The minimum absolute atomic E-state index is 0.0183. The van der Waals surface area contributed by atoms with E-state index in [9.17, 15) is 19.7 Å². The highest BCUT2D eigenvalue weighted by molar-refractivity contribution is 7.21. The standard InChI is InChI=1S/C19H17N3O4S2/c20-17(23)16-12-4-2-1-3-5-14(12)28-19(16)21-18(24)15-9-10-8-11(22(25)26)6-7-13(10)27-15/h6-9H,1-5H2,(H2,20,23)(H,21,24). The number of nitro groups is 1. The molecule has 0 saturated heterocycles. The van der Waals surface area contributed by atoms with Gasteiger partial charge in [0.1, 0.15) is 5.00 Å². The van der Waals surface area contributed by atoms with Crippen molar-refractivity contribution in [1.29, 1.82) is 0 Å². The number of thiophene rings is 2. The fourth-order valence-electron chi connectivity index (χ4n) is 3.51. The first-order chi connectivity index (χ1) is 13.4. The lowest BCUT2D eigenvalue weighted by molar-refractivity contribution is -0.384. The van der Waals surface area contributed by atoms with Gasteiger partial charge in [-0.1, -0.05) is 6.42 Å². The van der Waals surface area contributed by atoms with Crippen molar-refractivity contribution >= 4 is 55.3 Å². The van der Waals surface area contributed by atoms with Crippen LogP contribution < -0.4 is 11.1 Å². The molecule has 1 aromatic carbocycles. The molecule has 0 unspecified atom stereocenters. The second-order valence-corrected chi connectivity index (χ2v) is 8.87. The molecule has 0 spiro atoms. The molecule has 0 atom stereocenters. The number of primary amides is 1. The minimum atomic E-state index is -0.526. The maximum absolute atomic E-state index is 12.8. The van der Waals surface area contributed by atoms with Gasteiger partial charge in [-0.2, -0.15) is 0 Å². The first-order valence-corrected chi connectivity index (χ1v) is 10.5. The van der Waals surface area contributed by atoms with Crippen LogP contribution in [0.3, 0.4) is 0 Å². The predicted molar refractivity (Wildman–Crippen MR) is 111 cm³/mol. The number of nitrogens with two attached hydrogens (primary N) is 1. The summed E-state index contributed by atoms with van der Waals surface area (Å²) >= 11 is 2.67. The normalized spacial score (nSPS) is 13.7. The Balaban J connectivity index is 1.66. The smallest absolute Gasteiger partial charge is 0.270 e. The summed E-state index contributed by atoms with van der Waals surface area (Å²) in [6.45, 7) is 0. The van der Waals surface area contributed by atoms with Crippen LogP contribution in [0.5, 0.6) is 0 Å². The quantitative estimate of drug-likeness (QED) is 0.371. The van der Waals surface area contributed by atoms with E-state index < -0.39 is 10.8 Å². The zero-order chi connectivity index (χ0) is 19.8. The van der Waals surface area contributed by atoms with Crippen LogP contribution >= 0.6 is 22.7 Å². The van der Waals surface area contributed by atoms with E-state index in [2.05, 4.69) is 5.32 Å². The van der Waals surface area contributed by atoms with Crippen LogP contribution in [0.1, 0.15) is 49.7 Å². The summed E-state index contributed by atoms with van der Waals surface area (Å²) in [6.07, 6.45) is 4.88. The van der Waals surface area contributed by atoms with Gasteiger partial charge in [0.25, 0.3) is 17.5 Å². The average molecular weight is 415 g/mol. The molecule has 2 heterocycles. The molecule has 144 valence electrons. The summed E-state index contributed by atoms with van der Waals surface area (Å²) in [4.78, 5) is 36.8. The van der Waals surface area contributed by atoms with E-state index in [1.807, 2.05) is 0 Å². The van der Waals surface area contributed by atoms with Gasteiger partial charge < -0.3 is 11.1 Å². The molecular formula is C19H17N3O4S2. The number of rotatable bonds is 4. The highest BCUT2D eigenvalue weighted by atomic mass is 32.1. The number of carbonyl (C=O) groups excluding carboxylic acids is 2. The van der Waals surface area contributed by atoms with Gasteiger partial charge in [0.2, 0.25) is 0 Å². The molecular weight excluding hydrogens is 398 g/mol. The van der Waals surface area contributed by atoms with Crippen LogP contribution in [0.25, 0.3) is 10.1 Å². The molecule has 1 aliphatic carbocycles. The topological polar surface area (TPSA) is 115 Å². The third-order valence-electron chi connectivity index (χ3n) is 4.83. The monoisotopic (exact) mass is 415 g/mol. The first kappa shape index (κ1) is 18.6. The van der Waals surface area contributed by atoms with Crippen molar-refractivity contribution in [3.05, 3.63) is 55.3 Å². The maximum Gasteiger partial charge on any atom is 0.270 e. The number of fused-ring (bicyclic) bond motifs is 2. The molecule has 0 aliphatic heterocycles. The minimum Gasteiger partial charge on any atom is -0.365 e. The Labute approximate surface area is 168 Å². The molecule has 3 N–H and O–H groups in total. The summed E-state index contributed by atoms with van der Waals surface area (Å²) in [5.74, 6) is -0.871. The Kier molecular flexibility index (Phi) is 4.86. The fraction of sp³-hybridized carbons (Fsp3) is 0.263. The van der Waals surface area contributed by atoms with Gasteiger partial charge in [-0.15, -0.1) is 22.7 Å². The molecule has 7 nitrogen and oxygen atoms in total. The van der Waals surface area contributed by atoms with Crippen LogP contribution in [-0.2, 0) is 12.8 Å². The molecule has 0 radical (unpaired) electrons. The number of nitro benzene ring substituents is 1. The number of hydrogen-bond donors (Lipinski definition) is 2. The molecule has 3 aromatic rings. The summed E-state index contributed by atoms with van der Waals surface area (Å²) in [6, 6.07) is 6.13. The van der Waals surface area contributed by atoms with Crippen molar-refractivity contribution in [3.63, 3.8) is 0 Å². The SMILES string of the molecule is NC(=O)c1c(NC(=O)c2cc3cc([N+](=O)[O-])ccc3s2)sc2c1CCCCC2. The van der Waals surface area contributed by atoms with E-state index in [-0.39, 0.29) is 11.6 Å². The number of anilines is 1. The lowest BCUT2D eigenvalue weighted by Crippen LogP contribution is -2.17. The summed E-state index contributed by atoms with van der Waals surface area (Å²) < 4.78 is 0.785. The third-order valence-corrected chi connectivity index (χ3v) is 7.15.